The molecule has 1 amide bonds. The Hall–Kier alpha value is -3.54. The van der Waals surface area contributed by atoms with E-state index in [2.05, 4.69) is 11.2 Å². The minimum atomic E-state index is -0.107. The fourth-order valence-corrected chi connectivity index (χ4v) is 4.34. The van der Waals surface area contributed by atoms with Crippen molar-refractivity contribution in [2.75, 3.05) is 20.3 Å². The molecule has 3 heterocycles. The van der Waals surface area contributed by atoms with E-state index >= 15 is 0 Å². The Kier molecular flexibility index (Phi) is 6.82. The zero-order valence-electron chi connectivity index (χ0n) is 18.9. The average molecular weight is 460 g/mol. The van der Waals surface area contributed by atoms with Crippen molar-refractivity contribution in [3.8, 4) is 16.6 Å². The molecule has 0 bridgehead atoms. The monoisotopic (exact) mass is 459 g/mol. The van der Waals surface area contributed by atoms with Crippen molar-refractivity contribution in [1.82, 2.24) is 19.7 Å². The van der Waals surface area contributed by atoms with Crippen LogP contribution in [0.4, 0.5) is 0 Å². The van der Waals surface area contributed by atoms with Crippen LogP contribution in [0.25, 0.3) is 21.6 Å². The van der Waals surface area contributed by atoms with Crippen LogP contribution in [0.3, 0.4) is 0 Å². The molecule has 3 aromatic heterocycles. The van der Waals surface area contributed by atoms with E-state index in [9.17, 15) is 4.79 Å². The first-order valence-corrected chi connectivity index (χ1v) is 11.6. The fraction of sp³-hybridized carbons (Fsp3) is 0.280. The minimum Gasteiger partial charge on any atom is -0.383 e. The molecule has 0 saturated carbocycles. The molecule has 0 atom stereocenters. The van der Waals surface area contributed by atoms with Crippen molar-refractivity contribution in [2.45, 2.75) is 26.4 Å². The van der Waals surface area contributed by atoms with Crippen LogP contribution < -0.4 is 0 Å². The molecule has 0 aliphatic carbocycles. The van der Waals surface area contributed by atoms with Gasteiger partial charge in [0.2, 0.25) is 0 Å². The topological polar surface area (TPSA) is 84.0 Å². The van der Waals surface area contributed by atoms with Gasteiger partial charge in [0.1, 0.15) is 0 Å². The lowest BCUT2D eigenvalue weighted by Crippen LogP contribution is -2.33. The van der Waals surface area contributed by atoms with Crippen molar-refractivity contribution in [2.24, 2.45) is 0 Å². The summed E-state index contributed by atoms with van der Waals surface area (Å²) in [5.74, 6) is -0.107. The number of pyridine rings is 1. The van der Waals surface area contributed by atoms with Gasteiger partial charge in [-0.25, -0.2) is 9.67 Å². The van der Waals surface area contributed by atoms with Crippen LogP contribution in [-0.2, 0) is 11.3 Å². The van der Waals surface area contributed by atoms with E-state index in [0.717, 1.165) is 21.5 Å². The fourth-order valence-electron chi connectivity index (χ4n) is 3.65. The lowest BCUT2D eigenvalue weighted by molar-refractivity contribution is 0.0682. The van der Waals surface area contributed by atoms with Crippen molar-refractivity contribution in [1.29, 1.82) is 5.26 Å². The molecule has 0 fully saturated rings. The Labute approximate surface area is 196 Å². The van der Waals surface area contributed by atoms with Gasteiger partial charge in [-0.1, -0.05) is 18.2 Å². The minimum absolute atomic E-state index is 0.107. The number of benzene rings is 1. The number of methoxy groups -OCH3 is 1. The molecule has 33 heavy (non-hydrogen) atoms. The van der Waals surface area contributed by atoms with Gasteiger partial charge >= 0.3 is 0 Å². The highest BCUT2D eigenvalue weighted by molar-refractivity contribution is 7.13. The highest BCUT2D eigenvalue weighted by Crippen LogP contribution is 2.30. The molecule has 168 valence electrons. The van der Waals surface area contributed by atoms with E-state index in [-0.39, 0.29) is 11.9 Å². The number of nitriles is 1. The molecule has 0 N–H and O–H groups in total. The van der Waals surface area contributed by atoms with E-state index in [1.807, 2.05) is 54.2 Å². The van der Waals surface area contributed by atoms with Gasteiger partial charge in [0, 0.05) is 26.2 Å². The summed E-state index contributed by atoms with van der Waals surface area (Å²) in [7, 11) is 1.62. The summed E-state index contributed by atoms with van der Waals surface area (Å²) in [5, 5.41) is 16.3. The maximum Gasteiger partial charge on any atom is 0.255 e. The molecule has 4 aromatic rings. The van der Waals surface area contributed by atoms with Crippen molar-refractivity contribution in [3.05, 3.63) is 70.7 Å². The number of ether oxygens (including phenoxy) is 1. The van der Waals surface area contributed by atoms with Gasteiger partial charge in [0.25, 0.3) is 5.91 Å². The van der Waals surface area contributed by atoms with Crippen LogP contribution in [0.15, 0.2) is 54.0 Å². The predicted molar refractivity (Wildman–Crippen MR) is 129 cm³/mol. The summed E-state index contributed by atoms with van der Waals surface area (Å²) in [4.78, 5) is 21.5. The van der Waals surface area contributed by atoms with Crippen molar-refractivity contribution >= 4 is 28.3 Å². The second-order valence-electron chi connectivity index (χ2n) is 7.98. The maximum absolute atomic E-state index is 13.8. The van der Waals surface area contributed by atoms with Crippen LogP contribution in [0.1, 0.15) is 41.4 Å². The number of amides is 1. The first kappa shape index (κ1) is 22.6. The van der Waals surface area contributed by atoms with Crippen molar-refractivity contribution < 1.29 is 9.53 Å². The quantitative estimate of drug-likeness (QED) is 0.374. The highest BCUT2D eigenvalue weighted by Gasteiger charge is 2.23. The van der Waals surface area contributed by atoms with Gasteiger partial charge in [-0.05, 0) is 49.1 Å². The van der Waals surface area contributed by atoms with Gasteiger partial charge in [0.15, 0.2) is 5.65 Å². The summed E-state index contributed by atoms with van der Waals surface area (Å²) >= 11 is 1.59. The summed E-state index contributed by atoms with van der Waals surface area (Å²) in [6.07, 6.45) is 1.73. The molecule has 7 nitrogen and oxygen atoms in total. The summed E-state index contributed by atoms with van der Waals surface area (Å²) in [6.45, 7) is 5.35. The molecule has 0 spiro atoms. The molecule has 0 aliphatic rings. The number of hydrogen-bond acceptors (Lipinski definition) is 6. The maximum atomic E-state index is 13.8. The first-order chi connectivity index (χ1) is 16.0. The smallest absolute Gasteiger partial charge is 0.255 e. The predicted octanol–water partition coefficient (Wildman–Crippen LogP) is 4.90. The van der Waals surface area contributed by atoms with Gasteiger partial charge in [-0.3, -0.25) is 4.79 Å². The summed E-state index contributed by atoms with van der Waals surface area (Å²) < 4.78 is 7.12. The number of rotatable bonds is 8. The highest BCUT2D eigenvalue weighted by atomic mass is 32.1. The normalized spacial score (nSPS) is 11.1. The lowest BCUT2D eigenvalue weighted by Gasteiger charge is -2.23. The number of thiophene rings is 1. The first-order valence-electron chi connectivity index (χ1n) is 10.7. The van der Waals surface area contributed by atoms with Gasteiger partial charge in [-0.15, -0.1) is 11.3 Å². The molecule has 8 heteroatoms. The summed E-state index contributed by atoms with van der Waals surface area (Å²) in [6, 6.07) is 15.4. The molecular weight excluding hydrogens is 434 g/mol. The Morgan fingerprint density at radius 1 is 1.27 bits per heavy atom. The standard InChI is InChI=1S/C25H25N5O2S/c1-17(2)30-24-21(15-27-30)20(13-22(28-24)23-5-4-12-33-23)25(31)29(10-11-32-3)16-19-8-6-18(14-26)7-9-19/h4-9,12-13,15,17H,10-11,16H2,1-3H3. The van der Waals surface area contributed by atoms with Crippen LogP contribution in [0, 0.1) is 11.3 Å². The van der Waals surface area contributed by atoms with E-state index in [1.54, 1.807) is 41.7 Å². The van der Waals surface area contributed by atoms with Gasteiger partial charge in [-0.2, -0.15) is 10.4 Å². The molecule has 0 unspecified atom stereocenters. The third kappa shape index (κ3) is 4.80. The Bertz CT molecular complexity index is 1290. The van der Waals surface area contributed by atoms with Crippen LogP contribution in [-0.4, -0.2) is 45.8 Å². The molecule has 0 radical (unpaired) electrons. The number of carbonyl (C=O) groups excluding carboxylic acids is 1. The summed E-state index contributed by atoms with van der Waals surface area (Å²) in [5.41, 5.74) is 3.56. The van der Waals surface area contributed by atoms with Gasteiger partial charge < -0.3 is 9.64 Å². The van der Waals surface area contributed by atoms with Crippen molar-refractivity contribution in [3.63, 3.8) is 0 Å². The number of aromatic nitrogens is 3. The SMILES string of the molecule is COCCN(Cc1ccc(C#N)cc1)C(=O)c1cc(-c2cccs2)nc2c1cnn2C(C)C. The third-order valence-corrected chi connectivity index (χ3v) is 6.26. The lowest BCUT2D eigenvalue weighted by atomic mass is 10.1. The van der Waals surface area contributed by atoms with E-state index in [1.165, 1.54) is 0 Å². The zero-order valence-corrected chi connectivity index (χ0v) is 19.7. The Morgan fingerprint density at radius 3 is 2.70 bits per heavy atom. The zero-order chi connectivity index (χ0) is 23.4. The molecule has 4 rings (SSSR count). The largest absolute Gasteiger partial charge is 0.383 e. The third-order valence-electron chi connectivity index (χ3n) is 5.37. The van der Waals surface area contributed by atoms with E-state index in [0.29, 0.717) is 36.5 Å². The second-order valence-corrected chi connectivity index (χ2v) is 8.93. The van der Waals surface area contributed by atoms with Gasteiger partial charge in [0.05, 0.1) is 46.0 Å². The number of nitrogens with zero attached hydrogens (tertiary/aromatic N) is 5. The second kappa shape index (κ2) is 9.94. The van der Waals surface area contributed by atoms with Crippen LogP contribution >= 0.6 is 11.3 Å². The number of hydrogen-bond donors (Lipinski definition) is 0. The van der Waals surface area contributed by atoms with E-state index in [4.69, 9.17) is 15.0 Å². The number of fused-ring (bicyclic) bond motifs is 1. The molecule has 0 aliphatic heterocycles. The molecule has 1 aromatic carbocycles. The molecule has 0 saturated heterocycles. The Balaban J connectivity index is 1.78. The van der Waals surface area contributed by atoms with Crippen LogP contribution in [0.2, 0.25) is 0 Å². The number of carbonyl (C=O) groups is 1. The molecular formula is C25H25N5O2S. The average Bonchev–Trinajstić information content (AvgIpc) is 3.51. The van der Waals surface area contributed by atoms with Crippen LogP contribution in [0.5, 0.6) is 0 Å². The Morgan fingerprint density at radius 2 is 2.06 bits per heavy atom. The van der Waals surface area contributed by atoms with E-state index < -0.39 is 0 Å².